The minimum absolute atomic E-state index is 0.217. The van der Waals surface area contributed by atoms with Crippen LogP contribution in [0.3, 0.4) is 0 Å². The van der Waals surface area contributed by atoms with Gasteiger partial charge in [-0.2, -0.15) is 0 Å². The highest BCUT2D eigenvalue weighted by molar-refractivity contribution is 6.34. The van der Waals surface area contributed by atoms with Gasteiger partial charge in [0.2, 0.25) is 0 Å². The molecule has 0 saturated heterocycles. The summed E-state index contributed by atoms with van der Waals surface area (Å²) in [5.41, 5.74) is 6.44. The average molecular weight is 326 g/mol. The van der Waals surface area contributed by atoms with Crippen LogP contribution in [-0.4, -0.2) is 12.6 Å². The topological polar surface area (TPSA) is 61.5 Å². The molecule has 0 aromatic heterocycles. The molecule has 0 amide bonds. The van der Waals surface area contributed by atoms with Crippen LogP contribution in [-0.2, 0) is 4.74 Å². The second kappa shape index (κ2) is 6.70. The second-order valence-electron chi connectivity index (χ2n) is 4.15. The van der Waals surface area contributed by atoms with Crippen molar-refractivity contribution in [2.45, 2.75) is 6.92 Å². The zero-order chi connectivity index (χ0) is 15.4. The fourth-order valence-electron chi connectivity index (χ4n) is 1.74. The van der Waals surface area contributed by atoms with E-state index in [2.05, 4.69) is 0 Å². The van der Waals surface area contributed by atoms with Crippen molar-refractivity contribution in [2.75, 3.05) is 12.3 Å². The lowest BCUT2D eigenvalue weighted by Gasteiger charge is -2.13. The normalized spacial score (nSPS) is 10.2. The highest BCUT2D eigenvalue weighted by Crippen LogP contribution is 2.34. The third-order valence-corrected chi connectivity index (χ3v) is 3.03. The molecule has 2 aromatic rings. The summed E-state index contributed by atoms with van der Waals surface area (Å²) in [6, 6.07) is 9.60. The lowest BCUT2D eigenvalue weighted by molar-refractivity contribution is 0.0523. The maximum absolute atomic E-state index is 11.9. The van der Waals surface area contributed by atoms with E-state index in [1.807, 2.05) is 0 Å². The average Bonchev–Trinajstić information content (AvgIpc) is 2.40. The molecule has 0 unspecified atom stereocenters. The monoisotopic (exact) mass is 325 g/mol. The minimum atomic E-state index is -0.507. The fourth-order valence-corrected chi connectivity index (χ4v) is 2.25. The first-order valence-electron chi connectivity index (χ1n) is 6.20. The van der Waals surface area contributed by atoms with Crippen LogP contribution in [0.5, 0.6) is 11.5 Å². The lowest BCUT2D eigenvalue weighted by atomic mass is 10.1. The Hall–Kier alpha value is -1.91. The summed E-state index contributed by atoms with van der Waals surface area (Å²) in [6.07, 6.45) is 0. The van der Waals surface area contributed by atoms with Crippen molar-refractivity contribution in [1.29, 1.82) is 0 Å². The van der Waals surface area contributed by atoms with E-state index in [-0.39, 0.29) is 17.9 Å². The predicted octanol–water partition coefficient (Wildman–Crippen LogP) is 4.54. The third-order valence-electron chi connectivity index (χ3n) is 2.60. The van der Waals surface area contributed by atoms with Crippen LogP contribution in [0.4, 0.5) is 5.69 Å². The molecule has 4 nitrogen and oxygen atoms in total. The largest absolute Gasteiger partial charge is 0.462 e. The number of ether oxygens (including phenoxy) is 2. The number of hydrogen-bond donors (Lipinski definition) is 1. The Kier molecular flexibility index (Phi) is 4.94. The maximum Gasteiger partial charge on any atom is 0.342 e. The van der Waals surface area contributed by atoms with Gasteiger partial charge in [0.1, 0.15) is 11.3 Å². The summed E-state index contributed by atoms with van der Waals surface area (Å²) in [7, 11) is 0. The van der Waals surface area contributed by atoms with Crippen molar-refractivity contribution in [2.24, 2.45) is 0 Å². The number of anilines is 1. The van der Waals surface area contributed by atoms with E-state index in [0.29, 0.717) is 21.5 Å². The van der Waals surface area contributed by atoms with E-state index in [1.54, 1.807) is 43.3 Å². The van der Waals surface area contributed by atoms with E-state index in [9.17, 15) is 4.79 Å². The molecule has 0 aliphatic carbocycles. The number of carbonyl (C=O) groups is 1. The van der Waals surface area contributed by atoms with Crippen molar-refractivity contribution in [3.63, 3.8) is 0 Å². The quantitative estimate of drug-likeness (QED) is 0.662. The molecule has 0 heterocycles. The molecular weight excluding hydrogens is 313 g/mol. The smallest absolute Gasteiger partial charge is 0.342 e. The molecule has 0 spiro atoms. The Morgan fingerprint density at radius 1 is 1.19 bits per heavy atom. The molecule has 0 bridgehead atoms. The van der Waals surface area contributed by atoms with Crippen LogP contribution >= 0.6 is 23.2 Å². The summed E-state index contributed by atoms with van der Waals surface area (Å²) in [4.78, 5) is 11.9. The number of para-hydroxylation sites is 1. The molecule has 0 saturated carbocycles. The first-order valence-corrected chi connectivity index (χ1v) is 6.96. The predicted molar refractivity (Wildman–Crippen MR) is 83.3 cm³/mol. The van der Waals surface area contributed by atoms with E-state index >= 15 is 0 Å². The van der Waals surface area contributed by atoms with Crippen LogP contribution < -0.4 is 10.5 Å². The van der Waals surface area contributed by atoms with Crippen molar-refractivity contribution >= 4 is 34.9 Å². The molecule has 0 atom stereocenters. The highest BCUT2D eigenvalue weighted by atomic mass is 35.5. The molecule has 0 aliphatic rings. The Bertz CT molecular complexity index is 654. The van der Waals surface area contributed by atoms with Gasteiger partial charge in [0.15, 0.2) is 5.75 Å². The lowest BCUT2D eigenvalue weighted by Crippen LogP contribution is -2.08. The molecule has 0 aliphatic heterocycles. The molecule has 110 valence electrons. The van der Waals surface area contributed by atoms with Crippen LogP contribution in [0.1, 0.15) is 17.3 Å². The molecule has 2 rings (SSSR count). The second-order valence-corrected chi connectivity index (χ2v) is 5.02. The zero-order valence-electron chi connectivity index (χ0n) is 11.2. The molecule has 6 heteroatoms. The molecule has 0 fully saturated rings. The Labute approximate surface area is 132 Å². The standard InChI is InChI=1S/C15H13Cl2NO3/c1-2-20-15(19)12-4-3-5-13(18)14(12)21-11-7-9(16)6-10(17)8-11/h3-8H,2,18H2,1H3. The van der Waals surface area contributed by atoms with Gasteiger partial charge < -0.3 is 15.2 Å². The summed E-state index contributed by atoms with van der Waals surface area (Å²) in [5, 5.41) is 0.842. The molecule has 0 radical (unpaired) electrons. The molecule has 2 N–H and O–H groups in total. The highest BCUT2D eigenvalue weighted by Gasteiger charge is 2.17. The Morgan fingerprint density at radius 3 is 2.48 bits per heavy atom. The van der Waals surface area contributed by atoms with E-state index < -0.39 is 5.97 Å². The summed E-state index contributed by atoms with van der Waals surface area (Å²) < 4.78 is 10.7. The number of rotatable bonds is 4. The third kappa shape index (κ3) is 3.80. The first kappa shape index (κ1) is 15.5. The van der Waals surface area contributed by atoms with E-state index in [0.717, 1.165) is 0 Å². The number of nitrogens with two attached hydrogens (primary N) is 1. The molecule has 21 heavy (non-hydrogen) atoms. The van der Waals surface area contributed by atoms with Gasteiger partial charge in [-0.1, -0.05) is 29.3 Å². The van der Waals surface area contributed by atoms with Gasteiger partial charge in [-0.15, -0.1) is 0 Å². The Balaban J connectivity index is 2.41. The van der Waals surface area contributed by atoms with Gasteiger partial charge in [-0.3, -0.25) is 0 Å². The van der Waals surface area contributed by atoms with Gasteiger partial charge in [-0.25, -0.2) is 4.79 Å². The van der Waals surface area contributed by atoms with Crippen LogP contribution in [0.15, 0.2) is 36.4 Å². The van der Waals surface area contributed by atoms with Crippen LogP contribution in [0, 0.1) is 0 Å². The Morgan fingerprint density at radius 2 is 1.86 bits per heavy atom. The van der Waals surface area contributed by atoms with Gasteiger partial charge >= 0.3 is 5.97 Å². The van der Waals surface area contributed by atoms with E-state index in [1.165, 1.54) is 0 Å². The van der Waals surface area contributed by atoms with Crippen molar-refractivity contribution < 1.29 is 14.3 Å². The minimum Gasteiger partial charge on any atom is -0.462 e. The number of nitrogen functional groups attached to an aromatic ring is 1. The van der Waals surface area contributed by atoms with Gasteiger partial charge in [0, 0.05) is 10.0 Å². The van der Waals surface area contributed by atoms with Crippen LogP contribution in [0.2, 0.25) is 10.0 Å². The van der Waals surface area contributed by atoms with Gasteiger partial charge in [0.05, 0.1) is 12.3 Å². The van der Waals surface area contributed by atoms with Gasteiger partial charge in [-0.05, 0) is 37.3 Å². The molecule has 2 aromatic carbocycles. The maximum atomic E-state index is 11.9. The SMILES string of the molecule is CCOC(=O)c1cccc(N)c1Oc1cc(Cl)cc(Cl)c1. The number of benzene rings is 2. The number of hydrogen-bond acceptors (Lipinski definition) is 4. The van der Waals surface area contributed by atoms with E-state index in [4.69, 9.17) is 38.4 Å². The van der Waals surface area contributed by atoms with Crippen molar-refractivity contribution in [3.05, 3.63) is 52.0 Å². The number of carbonyl (C=O) groups excluding carboxylic acids is 1. The van der Waals surface area contributed by atoms with Crippen LogP contribution in [0.25, 0.3) is 0 Å². The summed E-state index contributed by atoms with van der Waals surface area (Å²) in [5.74, 6) is 0.0955. The first-order chi connectivity index (χ1) is 10.0. The van der Waals surface area contributed by atoms with Gasteiger partial charge in [0.25, 0.3) is 0 Å². The molecular formula is C15H13Cl2NO3. The fraction of sp³-hybridized carbons (Fsp3) is 0.133. The zero-order valence-corrected chi connectivity index (χ0v) is 12.7. The van der Waals surface area contributed by atoms with Crippen molar-refractivity contribution in [1.82, 2.24) is 0 Å². The number of esters is 1. The number of halogens is 2. The summed E-state index contributed by atoms with van der Waals surface area (Å²) in [6.45, 7) is 1.98. The summed E-state index contributed by atoms with van der Waals surface area (Å²) >= 11 is 11.8. The van der Waals surface area contributed by atoms with Crippen molar-refractivity contribution in [3.8, 4) is 11.5 Å².